The Morgan fingerprint density at radius 3 is 2.71 bits per heavy atom. The molecule has 2 amide bonds. The topological polar surface area (TPSA) is 78.5 Å². The minimum absolute atomic E-state index is 0.149. The van der Waals surface area contributed by atoms with E-state index in [2.05, 4.69) is 47.0 Å². The van der Waals surface area contributed by atoms with Crippen LogP contribution < -0.4 is 20.7 Å². The van der Waals surface area contributed by atoms with Gasteiger partial charge in [-0.15, -0.1) is 0 Å². The van der Waals surface area contributed by atoms with E-state index in [4.69, 9.17) is 9.72 Å². The maximum atomic E-state index is 12.5. The second-order valence-electron chi connectivity index (χ2n) is 9.49. The van der Waals surface area contributed by atoms with Gasteiger partial charge in [-0.2, -0.15) is 0 Å². The molecular weight excluding hydrogens is 426 g/mol. The number of amides is 2. The number of hydrogen-bond donors (Lipinski definition) is 3. The molecule has 0 saturated carbocycles. The van der Waals surface area contributed by atoms with Crippen LogP contribution in [0.5, 0.6) is 5.75 Å². The molecule has 3 aromatic rings. The van der Waals surface area contributed by atoms with Crippen LogP contribution in [0.25, 0.3) is 10.9 Å². The van der Waals surface area contributed by atoms with E-state index in [0.717, 1.165) is 66.9 Å². The van der Waals surface area contributed by atoms with E-state index in [9.17, 15) is 4.79 Å². The van der Waals surface area contributed by atoms with Crippen LogP contribution in [0.2, 0.25) is 0 Å². The first-order valence-electron chi connectivity index (χ1n) is 12.1. The molecule has 3 N–H and O–H groups in total. The van der Waals surface area contributed by atoms with Crippen LogP contribution in [0.1, 0.15) is 42.0 Å². The number of methoxy groups -OCH3 is 1. The summed E-state index contributed by atoms with van der Waals surface area (Å²) < 4.78 is 5.65. The lowest BCUT2D eigenvalue weighted by molar-refractivity contribution is 0.221. The second kappa shape index (κ2) is 9.50. The number of likely N-dealkylation sites (tertiary alicyclic amines) is 1. The highest BCUT2D eigenvalue weighted by Gasteiger charge is 2.27. The molecule has 178 valence electrons. The van der Waals surface area contributed by atoms with E-state index in [1.54, 1.807) is 7.11 Å². The molecule has 0 radical (unpaired) electrons. The maximum Gasteiger partial charge on any atom is 0.319 e. The van der Waals surface area contributed by atoms with E-state index >= 15 is 0 Å². The number of nitrogens with zero attached hydrogens (tertiary/aromatic N) is 2. The van der Waals surface area contributed by atoms with E-state index in [1.807, 2.05) is 30.3 Å². The molecule has 2 aliphatic rings. The molecule has 1 aliphatic carbocycles. The number of ether oxygens (including phenoxy) is 1. The Kier molecular flexibility index (Phi) is 6.28. The number of rotatable bonds is 5. The number of carbonyl (C=O) groups is 1. The second-order valence-corrected chi connectivity index (χ2v) is 9.49. The van der Waals surface area contributed by atoms with Gasteiger partial charge < -0.3 is 25.6 Å². The van der Waals surface area contributed by atoms with Crippen molar-refractivity contribution >= 4 is 28.4 Å². The lowest BCUT2D eigenvalue weighted by Crippen LogP contribution is -2.44. The summed E-state index contributed by atoms with van der Waals surface area (Å²) in [6.07, 6.45) is 4.03. The van der Waals surface area contributed by atoms with Gasteiger partial charge in [0.1, 0.15) is 11.6 Å². The predicted octanol–water partition coefficient (Wildman–Crippen LogP) is 4.87. The number of piperidine rings is 1. The first-order chi connectivity index (χ1) is 16.5. The molecule has 0 spiro atoms. The number of benzene rings is 2. The van der Waals surface area contributed by atoms with Crippen molar-refractivity contribution in [2.75, 3.05) is 37.9 Å². The average Bonchev–Trinajstić information content (AvgIpc) is 3.25. The molecule has 1 atom stereocenters. The van der Waals surface area contributed by atoms with E-state index in [0.29, 0.717) is 0 Å². The Hall–Kier alpha value is -3.32. The van der Waals surface area contributed by atoms with Crippen molar-refractivity contribution in [2.45, 2.75) is 44.7 Å². The van der Waals surface area contributed by atoms with Crippen LogP contribution in [-0.2, 0) is 6.42 Å². The van der Waals surface area contributed by atoms with Gasteiger partial charge in [-0.3, -0.25) is 0 Å². The third-order valence-electron chi connectivity index (χ3n) is 7.13. The lowest BCUT2D eigenvalue weighted by atomic mass is 10.0. The summed E-state index contributed by atoms with van der Waals surface area (Å²) in [6.45, 7) is 4.19. The van der Waals surface area contributed by atoms with E-state index in [1.165, 1.54) is 16.7 Å². The Labute approximate surface area is 200 Å². The molecule has 1 aliphatic heterocycles. The van der Waals surface area contributed by atoms with Gasteiger partial charge >= 0.3 is 6.03 Å². The van der Waals surface area contributed by atoms with Crippen molar-refractivity contribution in [1.29, 1.82) is 0 Å². The zero-order valence-corrected chi connectivity index (χ0v) is 20.1. The monoisotopic (exact) mass is 459 g/mol. The summed E-state index contributed by atoms with van der Waals surface area (Å²) in [6, 6.07) is 14.3. The predicted molar refractivity (Wildman–Crippen MR) is 137 cm³/mol. The third-order valence-corrected chi connectivity index (χ3v) is 7.13. The zero-order chi connectivity index (χ0) is 23.7. The smallest absolute Gasteiger partial charge is 0.319 e. The van der Waals surface area contributed by atoms with Gasteiger partial charge in [-0.05, 0) is 100 Å². The molecule has 7 heteroatoms. The summed E-state index contributed by atoms with van der Waals surface area (Å²) in [7, 11) is 3.85. The van der Waals surface area contributed by atoms with Gasteiger partial charge in [-0.25, -0.2) is 9.78 Å². The number of pyridine rings is 1. The molecule has 1 aromatic heterocycles. The van der Waals surface area contributed by atoms with Gasteiger partial charge in [0, 0.05) is 22.7 Å². The summed E-state index contributed by atoms with van der Waals surface area (Å²) in [5.74, 6) is 1.78. The van der Waals surface area contributed by atoms with Crippen LogP contribution >= 0.6 is 0 Å². The Morgan fingerprint density at radius 2 is 1.91 bits per heavy atom. The molecule has 1 saturated heterocycles. The third kappa shape index (κ3) is 4.66. The van der Waals surface area contributed by atoms with Crippen LogP contribution in [0.3, 0.4) is 0 Å². The summed E-state index contributed by atoms with van der Waals surface area (Å²) in [4.78, 5) is 19.6. The highest BCUT2D eigenvalue weighted by molar-refractivity contribution is 5.93. The van der Waals surface area contributed by atoms with Crippen LogP contribution in [0, 0.1) is 6.92 Å². The van der Waals surface area contributed by atoms with Crippen molar-refractivity contribution in [3.8, 4) is 5.75 Å². The van der Waals surface area contributed by atoms with E-state index < -0.39 is 0 Å². The number of aryl methyl sites for hydroxylation is 1. The molecule has 0 bridgehead atoms. The van der Waals surface area contributed by atoms with Gasteiger partial charge in [-0.1, -0.05) is 6.07 Å². The van der Waals surface area contributed by atoms with Crippen molar-refractivity contribution < 1.29 is 9.53 Å². The van der Waals surface area contributed by atoms with Crippen molar-refractivity contribution in [1.82, 2.24) is 15.2 Å². The molecule has 2 aromatic carbocycles. The average molecular weight is 460 g/mol. The molecule has 7 nitrogen and oxygen atoms in total. The van der Waals surface area contributed by atoms with Crippen molar-refractivity contribution in [3.05, 3.63) is 59.2 Å². The fourth-order valence-electron chi connectivity index (χ4n) is 5.19. The number of aromatic nitrogens is 1. The Bertz CT molecular complexity index is 1200. The largest absolute Gasteiger partial charge is 0.496 e. The Morgan fingerprint density at radius 1 is 1.09 bits per heavy atom. The fraction of sp³-hybridized carbons (Fsp3) is 0.407. The van der Waals surface area contributed by atoms with Gasteiger partial charge in [0.15, 0.2) is 0 Å². The summed E-state index contributed by atoms with van der Waals surface area (Å²) in [5.41, 5.74) is 5.60. The van der Waals surface area contributed by atoms with Crippen molar-refractivity contribution in [2.24, 2.45) is 0 Å². The molecular formula is C27H33N5O2. The van der Waals surface area contributed by atoms with E-state index in [-0.39, 0.29) is 18.1 Å². The van der Waals surface area contributed by atoms with Crippen LogP contribution in [0.4, 0.5) is 16.3 Å². The number of anilines is 2. The quantitative estimate of drug-likeness (QED) is 0.508. The fourth-order valence-corrected chi connectivity index (χ4v) is 5.19. The van der Waals surface area contributed by atoms with Gasteiger partial charge in [0.25, 0.3) is 0 Å². The zero-order valence-electron chi connectivity index (χ0n) is 20.1. The highest BCUT2D eigenvalue weighted by atomic mass is 16.5. The van der Waals surface area contributed by atoms with Gasteiger partial charge in [0.05, 0.1) is 18.7 Å². The minimum Gasteiger partial charge on any atom is -0.496 e. The van der Waals surface area contributed by atoms with Crippen LogP contribution in [-0.4, -0.2) is 49.2 Å². The number of urea groups is 1. The number of fused-ring (bicyclic) bond motifs is 2. The number of nitrogens with one attached hydrogen (secondary N) is 3. The molecule has 5 rings (SSSR count). The van der Waals surface area contributed by atoms with Gasteiger partial charge in [0.2, 0.25) is 0 Å². The maximum absolute atomic E-state index is 12.5. The molecule has 2 heterocycles. The summed E-state index contributed by atoms with van der Waals surface area (Å²) in [5, 5.41) is 10.7. The Balaban J connectivity index is 1.26. The summed E-state index contributed by atoms with van der Waals surface area (Å²) >= 11 is 0. The minimum atomic E-state index is -0.149. The molecule has 1 unspecified atom stereocenters. The number of hydrogen-bond acceptors (Lipinski definition) is 5. The first kappa shape index (κ1) is 22.5. The van der Waals surface area contributed by atoms with Crippen molar-refractivity contribution in [3.63, 3.8) is 0 Å². The highest BCUT2D eigenvalue weighted by Crippen LogP contribution is 2.41. The molecule has 34 heavy (non-hydrogen) atoms. The normalized spacial score (nSPS) is 18.5. The molecule has 1 fully saturated rings. The first-order valence-corrected chi connectivity index (χ1v) is 12.1. The lowest BCUT2D eigenvalue weighted by Gasteiger charge is -2.29. The SMILES string of the molecule is COc1ccc(C)c2c1C(Nc1ccc3cc(NC(=O)NC4CCN(C)CC4)ccc3n1)CC2. The van der Waals surface area contributed by atoms with Crippen LogP contribution in [0.15, 0.2) is 42.5 Å². The standard InChI is InChI=1S/C27H33N5O2/c1-17-4-10-24(34-3)26-21(17)7-9-23(26)31-25-11-5-18-16-20(6-8-22(18)30-25)29-27(33)28-19-12-14-32(2)15-13-19/h4-6,8,10-11,16,19,23H,7,9,12-15H2,1-3H3,(H,30,31)(H2,28,29,33). The number of carbonyl (C=O) groups excluding carboxylic acids is 1.